The Labute approximate surface area is 138 Å². The minimum atomic E-state index is 0.407. The first-order valence-electron chi connectivity index (χ1n) is 8.38. The molecule has 1 atom stereocenters. The van der Waals surface area contributed by atoms with Gasteiger partial charge in [0.25, 0.3) is 0 Å². The van der Waals surface area contributed by atoms with Gasteiger partial charge in [0, 0.05) is 35.0 Å². The van der Waals surface area contributed by atoms with Crippen LogP contribution in [0.4, 0.5) is 0 Å². The molecule has 1 N–H and O–H groups in total. The van der Waals surface area contributed by atoms with Gasteiger partial charge in [0.1, 0.15) is 11.6 Å². The Bertz CT molecular complexity index is 655. The third-order valence-corrected chi connectivity index (χ3v) is 4.57. The van der Waals surface area contributed by atoms with Gasteiger partial charge in [0.05, 0.1) is 7.11 Å². The third-order valence-electron chi connectivity index (χ3n) is 4.57. The van der Waals surface area contributed by atoms with Crippen LogP contribution in [0.5, 0.6) is 5.75 Å². The topological polar surface area (TPSA) is 47.0 Å². The fourth-order valence-corrected chi connectivity index (χ4v) is 3.50. The summed E-state index contributed by atoms with van der Waals surface area (Å²) in [6.07, 6.45) is 4.42. The molecule has 1 unspecified atom stereocenters. The van der Waals surface area contributed by atoms with Gasteiger partial charge in [-0.15, -0.1) is 0 Å². The van der Waals surface area contributed by atoms with E-state index in [4.69, 9.17) is 14.7 Å². The van der Waals surface area contributed by atoms with Crippen LogP contribution in [0.2, 0.25) is 0 Å². The molecule has 0 saturated carbocycles. The van der Waals surface area contributed by atoms with E-state index in [2.05, 4.69) is 25.2 Å². The van der Waals surface area contributed by atoms with Gasteiger partial charge < -0.3 is 10.1 Å². The highest BCUT2D eigenvalue weighted by Gasteiger charge is 2.21. The molecule has 122 valence electrons. The number of piperidine rings is 1. The van der Waals surface area contributed by atoms with Crippen LogP contribution < -0.4 is 10.1 Å². The second-order valence-electron chi connectivity index (χ2n) is 6.22. The van der Waals surface area contributed by atoms with Gasteiger partial charge in [-0.3, -0.25) is 0 Å². The lowest BCUT2D eigenvalue weighted by molar-refractivity contribution is 0.406. The van der Waals surface area contributed by atoms with Crippen molar-refractivity contribution >= 4 is 0 Å². The minimum Gasteiger partial charge on any atom is -0.496 e. The number of ether oxygens (including phenoxy) is 1. The molecule has 2 aromatic rings. The summed E-state index contributed by atoms with van der Waals surface area (Å²) in [5.74, 6) is 1.76. The Morgan fingerprint density at radius 3 is 2.52 bits per heavy atom. The lowest BCUT2D eigenvalue weighted by Gasteiger charge is -2.26. The van der Waals surface area contributed by atoms with E-state index in [0.717, 1.165) is 35.1 Å². The maximum atomic E-state index is 5.43. The predicted octanol–water partition coefficient (Wildman–Crippen LogP) is 3.51. The van der Waals surface area contributed by atoms with E-state index in [1.54, 1.807) is 7.11 Å². The number of hydrogen-bond acceptors (Lipinski definition) is 4. The van der Waals surface area contributed by atoms with Crippen molar-refractivity contribution < 1.29 is 4.74 Å². The largest absolute Gasteiger partial charge is 0.496 e. The molecule has 1 aliphatic rings. The fourth-order valence-electron chi connectivity index (χ4n) is 3.50. The zero-order chi connectivity index (χ0) is 16.2. The maximum Gasteiger partial charge on any atom is 0.133 e. The number of benzene rings is 1. The highest BCUT2D eigenvalue weighted by Crippen LogP contribution is 2.27. The van der Waals surface area contributed by atoms with Crippen molar-refractivity contribution in [2.45, 2.75) is 45.6 Å². The van der Waals surface area contributed by atoms with Crippen LogP contribution in [0.1, 0.15) is 53.6 Å². The normalized spacial score (nSPS) is 18.0. The van der Waals surface area contributed by atoms with Gasteiger partial charge in [0.2, 0.25) is 0 Å². The monoisotopic (exact) mass is 311 g/mol. The van der Waals surface area contributed by atoms with E-state index in [1.807, 2.05) is 18.2 Å². The number of hydrogen-bond donors (Lipinski definition) is 1. The van der Waals surface area contributed by atoms with Crippen LogP contribution in [0.25, 0.3) is 0 Å². The maximum absolute atomic E-state index is 5.43. The number of nitrogens with one attached hydrogen (secondary N) is 1. The van der Waals surface area contributed by atoms with Crippen molar-refractivity contribution in [3.05, 3.63) is 52.6 Å². The molecule has 1 aromatic heterocycles. The standard InChI is InChI=1S/C19H25N3O/c1-13-19(16-9-6-7-11-20-16)14(2)22-18(21-13)12-15-8-4-5-10-17(15)23-3/h4-5,8,10,16,20H,6-7,9,11-12H2,1-3H3. The van der Waals surface area contributed by atoms with Crippen LogP contribution in [0, 0.1) is 13.8 Å². The Morgan fingerprint density at radius 1 is 1.13 bits per heavy atom. The van der Waals surface area contributed by atoms with Crippen LogP contribution in [-0.4, -0.2) is 23.6 Å². The van der Waals surface area contributed by atoms with Crippen LogP contribution in [0.15, 0.2) is 24.3 Å². The molecule has 0 radical (unpaired) electrons. The summed E-state index contributed by atoms with van der Waals surface area (Å²) in [4.78, 5) is 9.55. The number of nitrogens with zero attached hydrogens (tertiary/aromatic N) is 2. The van der Waals surface area contributed by atoms with E-state index in [-0.39, 0.29) is 0 Å². The van der Waals surface area contributed by atoms with Crippen molar-refractivity contribution in [3.8, 4) is 5.75 Å². The van der Waals surface area contributed by atoms with E-state index in [9.17, 15) is 0 Å². The quantitative estimate of drug-likeness (QED) is 0.938. The molecule has 1 fully saturated rings. The Hall–Kier alpha value is -1.94. The van der Waals surface area contributed by atoms with E-state index < -0.39 is 0 Å². The Morgan fingerprint density at radius 2 is 1.87 bits per heavy atom. The number of para-hydroxylation sites is 1. The second-order valence-corrected chi connectivity index (χ2v) is 6.22. The van der Waals surface area contributed by atoms with Crippen molar-refractivity contribution in [1.82, 2.24) is 15.3 Å². The van der Waals surface area contributed by atoms with Crippen molar-refractivity contribution in [2.75, 3.05) is 13.7 Å². The highest BCUT2D eigenvalue weighted by molar-refractivity contribution is 5.36. The molecule has 0 amide bonds. The molecular weight excluding hydrogens is 286 g/mol. The Balaban J connectivity index is 1.87. The van der Waals surface area contributed by atoms with Crippen molar-refractivity contribution in [3.63, 3.8) is 0 Å². The van der Waals surface area contributed by atoms with E-state index in [1.165, 1.54) is 24.8 Å². The number of methoxy groups -OCH3 is 1. The van der Waals surface area contributed by atoms with Crippen LogP contribution in [0.3, 0.4) is 0 Å². The summed E-state index contributed by atoms with van der Waals surface area (Å²) in [6.45, 7) is 5.30. The summed E-state index contributed by atoms with van der Waals surface area (Å²) in [7, 11) is 1.70. The molecule has 23 heavy (non-hydrogen) atoms. The molecule has 0 spiro atoms. The van der Waals surface area contributed by atoms with E-state index in [0.29, 0.717) is 12.5 Å². The third kappa shape index (κ3) is 3.53. The predicted molar refractivity (Wildman–Crippen MR) is 91.9 cm³/mol. The summed E-state index contributed by atoms with van der Waals surface area (Å²) in [5, 5.41) is 3.60. The average Bonchev–Trinajstić information content (AvgIpc) is 2.56. The molecule has 3 rings (SSSR count). The number of rotatable bonds is 4. The molecule has 4 heteroatoms. The lowest BCUT2D eigenvalue weighted by Crippen LogP contribution is -2.28. The SMILES string of the molecule is COc1ccccc1Cc1nc(C)c(C2CCCCN2)c(C)n1. The number of aromatic nitrogens is 2. The molecule has 2 heterocycles. The van der Waals surface area contributed by atoms with Crippen LogP contribution in [-0.2, 0) is 6.42 Å². The van der Waals surface area contributed by atoms with Gasteiger partial charge in [-0.05, 0) is 39.3 Å². The molecule has 1 aromatic carbocycles. The van der Waals surface area contributed by atoms with Gasteiger partial charge >= 0.3 is 0 Å². The summed E-state index contributed by atoms with van der Waals surface area (Å²) < 4.78 is 5.43. The Kier molecular flexibility index (Phi) is 4.91. The molecular formula is C19H25N3O. The zero-order valence-corrected chi connectivity index (χ0v) is 14.2. The first kappa shape index (κ1) is 15.9. The van der Waals surface area contributed by atoms with Gasteiger partial charge in [-0.2, -0.15) is 0 Å². The fraction of sp³-hybridized carbons (Fsp3) is 0.474. The lowest BCUT2D eigenvalue weighted by atomic mass is 9.95. The molecule has 4 nitrogen and oxygen atoms in total. The van der Waals surface area contributed by atoms with Gasteiger partial charge in [-0.1, -0.05) is 24.6 Å². The smallest absolute Gasteiger partial charge is 0.133 e. The number of aryl methyl sites for hydroxylation is 2. The summed E-state index contributed by atoms with van der Waals surface area (Å²) in [6, 6.07) is 8.47. The summed E-state index contributed by atoms with van der Waals surface area (Å²) >= 11 is 0. The van der Waals surface area contributed by atoms with Crippen molar-refractivity contribution in [2.24, 2.45) is 0 Å². The molecule has 1 saturated heterocycles. The van der Waals surface area contributed by atoms with Crippen molar-refractivity contribution in [1.29, 1.82) is 0 Å². The van der Waals surface area contributed by atoms with Crippen LogP contribution >= 0.6 is 0 Å². The molecule has 1 aliphatic heterocycles. The zero-order valence-electron chi connectivity index (χ0n) is 14.2. The van der Waals surface area contributed by atoms with Gasteiger partial charge in [-0.25, -0.2) is 9.97 Å². The van der Waals surface area contributed by atoms with Gasteiger partial charge in [0.15, 0.2) is 0 Å². The summed E-state index contributed by atoms with van der Waals surface area (Å²) in [5.41, 5.74) is 4.61. The van der Waals surface area contributed by atoms with E-state index >= 15 is 0 Å². The second kappa shape index (κ2) is 7.09. The minimum absolute atomic E-state index is 0.407. The first-order chi connectivity index (χ1) is 11.2. The average molecular weight is 311 g/mol. The molecule has 0 aliphatic carbocycles. The first-order valence-corrected chi connectivity index (χ1v) is 8.38. The molecule has 0 bridgehead atoms. The highest BCUT2D eigenvalue weighted by atomic mass is 16.5.